The van der Waals surface area contributed by atoms with E-state index in [0.717, 1.165) is 12.8 Å². The largest absolute Gasteiger partial charge is 0.427 e. The van der Waals surface area contributed by atoms with Gasteiger partial charge in [-0.3, -0.25) is 14.4 Å². The maximum Gasteiger partial charge on any atom is 0.308 e. The third-order valence-electron chi connectivity index (χ3n) is 4.06. The molecular formula is C18H23ClN2O4. The molecule has 2 rings (SSSR count). The van der Waals surface area contributed by atoms with Gasteiger partial charge in [0.2, 0.25) is 5.91 Å². The average Bonchev–Trinajstić information content (AvgIpc) is 2.60. The summed E-state index contributed by atoms with van der Waals surface area (Å²) >= 11 is 5.62. The Bertz CT molecular complexity index is 627. The molecule has 0 aromatic heterocycles. The Morgan fingerprint density at radius 3 is 2.64 bits per heavy atom. The molecule has 0 radical (unpaired) electrons. The molecule has 0 bridgehead atoms. The summed E-state index contributed by atoms with van der Waals surface area (Å²) < 4.78 is 5.00. The topological polar surface area (TPSA) is 75.7 Å². The number of hydrogen-bond acceptors (Lipinski definition) is 4. The molecule has 1 saturated heterocycles. The first kappa shape index (κ1) is 19.2. The molecule has 1 N–H and O–H groups in total. The highest BCUT2D eigenvalue weighted by Gasteiger charge is 2.23. The van der Waals surface area contributed by atoms with E-state index in [9.17, 15) is 14.4 Å². The summed E-state index contributed by atoms with van der Waals surface area (Å²) in [5.41, 5.74) is 0.444. The van der Waals surface area contributed by atoms with Crippen LogP contribution in [0.3, 0.4) is 0 Å². The van der Waals surface area contributed by atoms with Crippen LogP contribution < -0.4 is 10.1 Å². The lowest BCUT2D eigenvalue weighted by atomic mass is 10.0. The van der Waals surface area contributed by atoms with Crippen molar-refractivity contribution in [3.8, 4) is 5.75 Å². The van der Waals surface area contributed by atoms with E-state index >= 15 is 0 Å². The Kier molecular flexibility index (Phi) is 7.25. The second-order valence-electron chi connectivity index (χ2n) is 6.04. The molecule has 1 fully saturated rings. The standard InChI is InChI=1S/C18H23ClN2O4/c1-13(22)25-16-5-2-4-14(12-16)18(24)20-15-7-10-21(11-8-15)17(23)6-3-9-19/h2,4-5,12,15H,3,6-11H2,1H3,(H,20,24). The first-order chi connectivity index (χ1) is 12.0. The maximum atomic E-state index is 12.4. The molecule has 0 aliphatic carbocycles. The molecule has 1 aromatic carbocycles. The molecule has 0 unspecified atom stereocenters. The maximum absolute atomic E-state index is 12.4. The fourth-order valence-electron chi connectivity index (χ4n) is 2.78. The van der Waals surface area contributed by atoms with Crippen molar-refractivity contribution >= 4 is 29.4 Å². The SMILES string of the molecule is CC(=O)Oc1cccc(C(=O)NC2CCN(C(=O)CCCCl)CC2)c1. The normalized spacial score (nSPS) is 14.9. The van der Waals surface area contributed by atoms with Crippen LogP contribution in [0.25, 0.3) is 0 Å². The molecule has 0 spiro atoms. The molecule has 1 heterocycles. The number of nitrogens with one attached hydrogen (secondary N) is 1. The van der Waals surface area contributed by atoms with Crippen LogP contribution in [0.4, 0.5) is 0 Å². The van der Waals surface area contributed by atoms with Crippen LogP contribution in [0, 0.1) is 0 Å². The van der Waals surface area contributed by atoms with Gasteiger partial charge in [0, 0.05) is 43.9 Å². The van der Waals surface area contributed by atoms with Gasteiger partial charge in [0.15, 0.2) is 0 Å². The number of amides is 2. The number of piperidine rings is 1. The van der Waals surface area contributed by atoms with E-state index in [-0.39, 0.29) is 17.9 Å². The van der Waals surface area contributed by atoms with Crippen molar-refractivity contribution in [1.82, 2.24) is 10.2 Å². The van der Waals surface area contributed by atoms with Crippen LogP contribution in [-0.2, 0) is 9.59 Å². The van der Waals surface area contributed by atoms with Gasteiger partial charge in [-0.2, -0.15) is 0 Å². The highest BCUT2D eigenvalue weighted by Crippen LogP contribution is 2.16. The molecule has 0 atom stereocenters. The molecule has 1 aliphatic heterocycles. The summed E-state index contributed by atoms with van der Waals surface area (Å²) in [6.07, 6.45) is 2.61. The van der Waals surface area contributed by atoms with Crippen molar-refractivity contribution in [2.24, 2.45) is 0 Å². The second kappa shape index (κ2) is 9.42. The predicted molar refractivity (Wildman–Crippen MR) is 94.8 cm³/mol. The van der Waals surface area contributed by atoms with Gasteiger partial charge in [-0.25, -0.2) is 0 Å². The first-order valence-electron chi connectivity index (χ1n) is 8.42. The summed E-state index contributed by atoms with van der Waals surface area (Å²) in [7, 11) is 0. The quantitative estimate of drug-likeness (QED) is 0.476. The molecule has 1 aliphatic rings. The van der Waals surface area contributed by atoms with Crippen molar-refractivity contribution < 1.29 is 19.1 Å². The Labute approximate surface area is 152 Å². The molecule has 136 valence electrons. The van der Waals surface area contributed by atoms with Gasteiger partial charge in [-0.05, 0) is 37.5 Å². The lowest BCUT2D eigenvalue weighted by Gasteiger charge is -2.32. The zero-order chi connectivity index (χ0) is 18.2. The number of benzene rings is 1. The highest BCUT2D eigenvalue weighted by atomic mass is 35.5. The Hall–Kier alpha value is -2.08. The number of halogens is 1. The minimum Gasteiger partial charge on any atom is -0.427 e. The number of hydrogen-bond donors (Lipinski definition) is 1. The molecule has 25 heavy (non-hydrogen) atoms. The Balaban J connectivity index is 1.84. The van der Waals surface area contributed by atoms with Gasteiger partial charge in [0.05, 0.1) is 0 Å². The molecular weight excluding hydrogens is 344 g/mol. The minimum absolute atomic E-state index is 0.0296. The first-order valence-corrected chi connectivity index (χ1v) is 8.96. The van der Waals surface area contributed by atoms with E-state index in [1.165, 1.54) is 6.92 Å². The number of carbonyl (C=O) groups excluding carboxylic acids is 3. The minimum atomic E-state index is -0.427. The Morgan fingerprint density at radius 2 is 2.00 bits per heavy atom. The second-order valence-corrected chi connectivity index (χ2v) is 6.42. The van der Waals surface area contributed by atoms with Gasteiger partial charge in [0.1, 0.15) is 5.75 Å². The number of alkyl halides is 1. The summed E-state index contributed by atoms with van der Waals surface area (Å²) in [6, 6.07) is 6.55. The number of rotatable bonds is 6. The molecule has 7 heteroatoms. The number of esters is 1. The van der Waals surface area contributed by atoms with Crippen LogP contribution in [0.1, 0.15) is 43.0 Å². The van der Waals surface area contributed by atoms with E-state index < -0.39 is 5.97 Å². The number of carbonyl (C=O) groups is 3. The van der Waals surface area contributed by atoms with E-state index in [2.05, 4.69) is 5.32 Å². The van der Waals surface area contributed by atoms with Gasteiger partial charge < -0.3 is 15.0 Å². The zero-order valence-electron chi connectivity index (χ0n) is 14.3. The van der Waals surface area contributed by atoms with E-state index in [1.807, 2.05) is 4.90 Å². The highest BCUT2D eigenvalue weighted by molar-refractivity contribution is 6.17. The molecule has 0 saturated carbocycles. The third-order valence-corrected chi connectivity index (χ3v) is 4.33. The number of ether oxygens (including phenoxy) is 1. The number of likely N-dealkylation sites (tertiary alicyclic amines) is 1. The smallest absolute Gasteiger partial charge is 0.308 e. The zero-order valence-corrected chi connectivity index (χ0v) is 15.1. The summed E-state index contributed by atoms with van der Waals surface area (Å²) in [4.78, 5) is 37.2. The van der Waals surface area contributed by atoms with Crippen molar-refractivity contribution in [2.45, 2.75) is 38.6 Å². The summed E-state index contributed by atoms with van der Waals surface area (Å²) in [5.74, 6) is 0.328. The average molecular weight is 367 g/mol. The van der Waals surface area contributed by atoms with Crippen LogP contribution in [0.15, 0.2) is 24.3 Å². The Morgan fingerprint density at radius 1 is 1.28 bits per heavy atom. The number of nitrogens with zero attached hydrogens (tertiary/aromatic N) is 1. The van der Waals surface area contributed by atoms with E-state index in [4.69, 9.17) is 16.3 Å². The molecule has 6 nitrogen and oxygen atoms in total. The fraction of sp³-hybridized carbons (Fsp3) is 0.500. The van der Waals surface area contributed by atoms with Crippen LogP contribution in [0.5, 0.6) is 5.75 Å². The predicted octanol–water partition coefficient (Wildman–Crippen LogP) is 2.35. The van der Waals surface area contributed by atoms with Crippen LogP contribution >= 0.6 is 11.6 Å². The van der Waals surface area contributed by atoms with Crippen molar-refractivity contribution in [1.29, 1.82) is 0 Å². The lowest BCUT2D eigenvalue weighted by molar-refractivity contribution is -0.133. The van der Waals surface area contributed by atoms with Gasteiger partial charge in [0.25, 0.3) is 5.91 Å². The lowest BCUT2D eigenvalue weighted by Crippen LogP contribution is -2.46. The monoisotopic (exact) mass is 366 g/mol. The van der Waals surface area contributed by atoms with Gasteiger partial charge in [-0.1, -0.05) is 6.07 Å². The molecule has 2 amide bonds. The van der Waals surface area contributed by atoms with Crippen molar-refractivity contribution in [2.75, 3.05) is 19.0 Å². The van der Waals surface area contributed by atoms with Crippen LogP contribution in [-0.4, -0.2) is 47.7 Å². The summed E-state index contributed by atoms with van der Waals surface area (Å²) in [5, 5.41) is 2.98. The summed E-state index contributed by atoms with van der Waals surface area (Å²) in [6.45, 7) is 2.59. The molecule has 1 aromatic rings. The van der Waals surface area contributed by atoms with Crippen molar-refractivity contribution in [3.63, 3.8) is 0 Å². The van der Waals surface area contributed by atoms with Crippen LogP contribution in [0.2, 0.25) is 0 Å². The fourth-order valence-corrected chi connectivity index (χ4v) is 2.92. The van der Waals surface area contributed by atoms with Gasteiger partial charge in [-0.15, -0.1) is 11.6 Å². The third kappa shape index (κ3) is 6.05. The van der Waals surface area contributed by atoms with Crippen molar-refractivity contribution in [3.05, 3.63) is 29.8 Å². The van der Waals surface area contributed by atoms with Gasteiger partial charge >= 0.3 is 5.97 Å². The van der Waals surface area contributed by atoms with E-state index in [0.29, 0.717) is 43.1 Å². The van der Waals surface area contributed by atoms with E-state index in [1.54, 1.807) is 24.3 Å².